The molecule has 2 aromatic carbocycles. The highest BCUT2D eigenvalue weighted by atomic mass is 32.2. The van der Waals surface area contributed by atoms with Crippen LogP contribution < -0.4 is 0 Å². The molecule has 1 atom stereocenters. The number of nitrogens with zero attached hydrogens (tertiary/aromatic N) is 3. The van der Waals surface area contributed by atoms with E-state index in [-0.39, 0.29) is 5.25 Å². The Morgan fingerprint density at radius 3 is 2.59 bits per heavy atom. The van der Waals surface area contributed by atoms with Crippen molar-refractivity contribution in [2.75, 3.05) is 0 Å². The number of thioether (sulfide) groups is 1. The minimum absolute atomic E-state index is 0.0620. The molecule has 2 fully saturated rings. The molecule has 0 N–H and O–H groups in total. The van der Waals surface area contributed by atoms with Crippen LogP contribution in [0.5, 0.6) is 0 Å². The van der Waals surface area contributed by atoms with Gasteiger partial charge >= 0.3 is 0 Å². The number of hydrogen-bond donors (Lipinski definition) is 0. The molecule has 0 aliphatic heterocycles. The van der Waals surface area contributed by atoms with Crippen molar-refractivity contribution in [3.05, 3.63) is 53.9 Å². The van der Waals surface area contributed by atoms with E-state index in [1.54, 1.807) is 11.8 Å². The van der Waals surface area contributed by atoms with Gasteiger partial charge < -0.3 is 4.57 Å². The van der Waals surface area contributed by atoms with Gasteiger partial charge in [0.25, 0.3) is 0 Å². The number of fused-ring (bicyclic) bond motifs is 1. The van der Waals surface area contributed by atoms with Gasteiger partial charge in [0.1, 0.15) is 11.6 Å². The number of carbonyl (C=O) groups excluding carboxylic acids is 1. The third kappa shape index (κ3) is 3.85. The minimum Gasteiger partial charge on any atom is -0.303 e. The van der Waals surface area contributed by atoms with Gasteiger partial charge in [-0.15, -0.1) is 10.2 Å². The predicted molar refractivity (Wildman–Crippen MR) is 117 cm³/mol. The van der Waals surface area contributed by atoms with Gasteiger partial charge in [-0.3, -0.25) is 4.79 Å². The molecule has 0 bridgehead atoms. The monoisotopic (exact) mass is 405 g/mol. The normalized spacial score (nSPS) is 20.6. The van der Waals surface area contributed by atoms with Crippen molar-refractivity contribution in [3.63, 3.8) is 0 Å². The highest BCUT2D eigenvalue weighted by Crippen LogP contribution is 2.37. The Morgan fingerprint density at radius 2 is 1.76 bits per heavy atom. The first kappa shape index (κ1) is 18.9. The standard InChI is InChI=1S/C24H27N3OS/c28-21-14-7-15-22(21)29-24-26-25-23(27(24)19-11-2-1-3-12-19)16-18-10-6-9-17-8-4-5-13-20(17)18/h4-6,8-10,13,19,22H,1-3,7,11-12,14-16H2/t22-/m0/s1. The van der Waals surface area contributed by atoms with Crippen LogP contribution in [0.2, 0.25) is 0 Å². The van der Waals surface area contributed by atoms with Gasteiger partial charge in [-0.05, 0) is 42.0 Å². The smallest absolute Gasteiger partial charge is 0.192 e. The molecule has 5 rings (SSSR count). The van der Waals surface area contributed by atoms with Crippen LogP contribution in [0.25, 0.3) is 10.8 Å². The second-order valence-corrected chi connectivity index (χ2v) is 9.51. The van der Waals surface area contributed by atoms with Gasteiger partial charge in [-0.25, -0.2) is 0 Å². The lowest BCUT2D eigenvalue weighted by atomic mass is 9.95. The minimum atomic E-state index is 0.0620. The molecule has 3 aromatic rings. The lowest BCUT2D eigenvalue weighted by Crippen LogP contribution is -2.18. The van der Waals surface area contributed by atoms with Crippen molar-refractivity contribution in [1.29, 1.82) is 0 Å². The zero-order valence-electron chi connectivity index (χ0n) is 16.7. The van der Waals surface area contributed by atoms with E-state index in [0.717, 1.165) is 36.7 Å². The van der Waals surface area contributed by atoms with E-state index >= 15 is 0 Å². The summed E-state index contributed by atoms with van der Waals surface area (Å²) < 4.78 is 2.39. The first-order valence-electron chi connectivity index (χ1n) is 10.9. The number of aromatic nitrogens is 3. The molecular weight excluding hydrogens is 378 g/mol. The van der Waals surface area contributed by atoms with Gasteiger partial charge in [0, 0.05) is 18.9 Å². The number of ketones is 1. The van der Waals surface area contributed by atoms with E-state index in [2.05, 4.69) is 57.2 Å². The Hall–Kier alpha value is -2.14. The molecule has 1 aromatic heterocycles. The van der Waals surface area contributed by atoms with E-state index in [4.69, 9.17) is 0 Å². The Bertz CT molecular complexity index is 1020. The molecule has 4 nitrogen and oxygen atoms in total. The molecule has 5 heteroatoms. The Labute approximate surface area is 176 Å². The first-order valence-corrected chi connectivity index (χ1v) is 11.8. The summed E-state index contributed by atoms with van der Waals surface area (Å²) in [5, 5.41) is 12.8. The third-order valence-corrected chi connectivity index (χ3v) is 7.67. The van der Waals surface area contributed by atoms with E-state index < -0.39 is 0 Å². The zero-order valence-corrected chi connectivity index (χ0v) is 17.5. The largest absolute Gasteiger partial charge is 0.303 e. The Balaban J connectivity index is 1.50. The summed E-state index contributed by atoms with van der Waals surface area (Å²) in [6.07, 6.45) is 9.71. The fourth-order valence-electron chi connectivity index (χ4n) is 4.87. The number of benzene rings is 2. The van der Waals surface area contributed by atoms with E-state index in [1.165, 1.54) is 48.4 Å². The van der Waals surface area contributed by atoms with Crippen molar-refractivity contribution >= 4 is 28.3 Å². The van der Waals surface area contributed by atoms with Gasteiger partial charge in [0.05, 0.1) is 5.25 Å². The maximum atomic E-state index is 12.2. The Morgan fingerprint density at radius 1 is 0.931 bits per heavy atom. The average molecular weight is 406 g/mol. The second-order valence-electron chi connectivity index (χ2n) is 8.34. The number of rotatable bonds is 5. The summed E-state index contributed by atoms with van der Waals surface area (Å²) in [4.78, 5) is 12.2. The van der Waals surface area contributed by atoms with Crippen molar-refractivity contribution < 1.29 is 4.79 Å². The Kier molecular flexibility index (Phi) is 5.40. The molecule has 2 aliphatic carbocycles. The number of carbonyl (C=O) groups is 1. The van der Waals surface area contributed by atoms with E-state index in [0.29, 0.717) is 11.8 Å². The SMILES string of the molecule is O=C1CCC[C@@H]1Sc1nnc(Cc2cccc3ccccc23)n1C1CCCCC1. The summed E-state index contributed by atoms with van der Waals surface area (Å²) in [7, 11) is 0. The number of Topliss-reactive ketones (excluding diaryl/α,β-unsaturated/α-hetero) is 1. The van der Waals surface area contributed by atoms with Crippen molar-refractivity contribution in [2.24, 2.45) is 0 Å². The predicted octanol–water partition coefficient (Wildman–Crippen LogP) is 5.74. The number of hydrogen-bond acceptors (Lipinski definition) is 4. The van der Waals surface area contributed by atoms with E-state index in [9.17, 15) is 4.79 Å². The van der Waals surface area contributed by atoms with Crippen LogP contribution in [0, 0.1) is 0 Å². The molecule has 2 aliphatic rings. The van der Waals surface area contributed by atoms with Gasteiger partial charge in [-0.1, -0.05) is 73.5 Å². The van der Waals surface area contributed by atoms with Crippen LogP contribution in [-0.4, -0.2) is 25.8 Å². The lowest BCUT2D eigenvalue weighted by Gasteiger charge is -2.26. The molecule has 2 saturated carbocycles. The zero-order chi connectivity index (χ0) is 19.6. The fraction of sp³-hybridized carbons (Fsp3) is 0.458. The summed E-state index contributed by atoms with van der Waals surface area (Å²) in [5.74, 6) is 1.42. The summed E-state index contributed by atoms with van der Waals surface area (Å²) >= 11 is 1.65. The maximum Gasteiger partial charge on any atom is 0.192 e. The van der Waals surface area contributed by atoms with Crippen LogP contribution >= 0.6 is 11.8 Å². The molecule has 1 heterocycles. The fourth-order valence-corrected chi connectivity index (χ4v) is 6.11. The quantitative estimate of drug-likeness (QED) is 0.543. The average Bonchev–Trinajstić information content (AvgIpc) is 3.35. The molecule has 29 heavy (non-hydrogen) atoms. The van der Waals surface area contributed by atoms with Gasteiger partial charge in [0.15, 0.2) is 5.16 Å². The maximum absolute atomic E-state index is 12.2. The highest BCUT2D eigenvalue weighted by molar-refractivity contribution is 8.00. The van der Waals surface area contributed by atoms with E-state index in [1.807, 2.05) is 0 Å². The van der Waals surface area contributed by atoms with Crippen LogP contribution in [0.1, 0.15) is 68.8 Å². The highest BCUT2D eigenvalue weighted by Gasteiger charge is 2.30. The molecule has 0 spiro atoms. The van der Waals surface area contributed by atoms with Gasteiger partial charge in [0.2, 0.25) is 0 Å². The van der Waals surface area contributed by atoms with Crippen LogP contribution in [0.15, 0.2) is 47.6 Å². The topological polar surface area (TPSA) is 47.8 Å². The third-order valence-electron chi connectivity index (χ3n) is 6.40. The second kappa shape index (κ2) is 8.31. The molecular formula is C24H27N3OS. The molecule has 0 radical (unpaired) electrons. The summed E-state index contributed by atoms with van der Waals surface area (Å²) in [6.45, 7) is 0. The van der Waals surface area contributed by atoms with Crippen molar-refractivity contribution in [2.45, 2.75) is 74.2 Å². The van der Waals surface area contributed by atoms with Crippen molar-refractivity contribution in [1.82, 2.24) is 14.8 Å². The van der Waals surface area contributed by atoms with Crippen LogP contribution in [0.3, 0.4) is 0 Å². The molecule has 0 saturated heterocycles. The van der Waals surface area contributed by atoms with Crippen LogP contribution in [-0.2, 0) is 11.2 Å². The first-order chi connectivity index (χ1) is 14.3. The van der Waals surface area contributed by atoms with Crippen molar-refractivity contribution in [3.8, 4) is 0 Å². The molecule has 150 valence electrons. The van der Waals surface area contributed by atoms with Crippen LogP contribution in [0.4, 0.5) is 0 Å². The summed E-state index contributed by atoms with van der Waals surface area (Å²) in [5.41, 5.74) is 1.29. The lowest BCUT2D eigenvalue weighted by molar-refractivity contribution is -0.116. The summed E-state index contributed by atoms with van der Waals surface area (Å²) in [6, 6.07) is 15.5. The molecule has 0 amide bonds. The van der Waals surface area contributed by atoms with Gasteiger partial charge in [-0.2, -0.15) is 0 Å². The molecule has 0 unspecified atom stereocenters.